The van der Waals surface area contributed by atoms with Crippen molar-refractivity contribution in [1.82, 2.24) is 9.97 Å². The van der Waals surface area contributed by atoms with Crippen molar-refractivity contribution in [3.8, 4) is 0 Å². The summed E-state index contributed by atoms with van der Waals surface area (Å²) in [5.74, 6) is 0. The van der Waals surface area contributed by atoms with Crippen LogP contribution in [0.4, 0.5) is 0 Å². The predicted molar refractivity (Wildman–Crippen MR) is 102 cm³/mol. The second-order valence-electron chi connectivity index (χ2n) is 6.97. The highest BCUT2D eigenvalue weighted by molar-refractivity contribution is 5.41. The molecule has 0 N–H and O–H groups in total. The molecule has 0 saturated carbocycles. The molecular weight excluding hydrogens is 292 g/mol. The van der Waals surface area contributed by atoms with Crippen LogP contribution in [0.1, 0.15) is 44.6 Å². The molecule has 0 fully saturated rings. The van der Waals surface area contributed by atoms with Gasteiger partial charge in [-0.15, -0.1) is 0 Å². The lowest BCUT2D eigenvalue weighted by Gasteiger charge is -2.29. The van der Waals surface area contributed by atoms with E-state index in [1.807, 2.05) is 18.2 Å². The molecule has 0 aliphatic rings. The fourth-order valence-corrected chi connectivity index (χ4v) is 2.85. The summed E-state index contributed by atoms with van der Waals surface area (Å²) in [6, 6.07) is 12.5. The summed E-state index contributed by atoms with van der Waals surface area (Å²) < 4.78 is 0. The first-order valence-corrected chi connectivity index (χ1v) is 8.18. The van der Waals surface area contributed by atoms with Crippen molar-refractivity contribution in [2.45, 2.75) is 38.5 Å². The molecule has 0 unspecified atom stereocenters. The van der Waals surface area contributed by atoms with Crippen LogP contribution in [0.2, 0.25) is 0 Å². The van der Waals surface area contributed by atoms with Gasteiger partial charge in [0, 0.05) is 10.8 Å². The van der Waals surface area contributed by atoms with Crippen molar-refractivity contribution >= 4 is 0 Å². The number of hydrogen-bond donors (Lipinski definition) is 0. The van der Waals surface area contributed by atoms with Crippen LogP contribution in [-0.2, 0) is 10.8 Å². The van der Waals surface area contributed by atoms with Crippen molar-refractivity contribution in [3.63, 3.8) is 0 Å². The maximum Gasteiger partial charge on any atom is 0.116 e. The number of aromatic nitrogens is 2. The molecule has 0 saturated heterocycles. The fourth-order valence-electron chi connectivity index (χ4n) is 2.85. The fraction of sp³-hybridized carbons (Fsp3) is 0.273. The van der Waals surface area contributed by atoms with Gasteiger partial charge in [0.15, 0.2) is 0 Å². The van der Waals surface area contributed by atoms with Crippen LogP contribution >= 0.6 is 0 Å². The zero-order chi connectivity index (χ0) is 17.8. The lowest BCUT2D eigenvalue weighted by molar-refractivity contribution is 0.581. The van der Waals surface area contributed by atoms with E-state index in [0.29, 0.717) is 0 Å². The number of hydrogen-bond acceptors (Lipinski definition) is 2. The largest absolute Gasteiger partial charge is 0.240 e. The first-order valence-electron chi connectivity index (χ1n) is 8.18. The Balaban J connectivity index is 2.51. The number of nitrogens with zero attached hydrogens (tertiary/aromatic N) is 2. The zero-order valence-electron chi connectivity index (χ0n) is 15.1. The molecule has 1 aromatic carbocycles. The number of benzene rings is 1. The summed E-state index contributed by atoms with van der Waals surface area (Å²) in [6.45, 7) is 16.4. The maximum absolute atomic E-state index is 4.56. The molecule has 124 valence electrons. The molecule has 0 spiro atoms. The third-order valence-electron chi connectivity index (χ3n) is 4.68. The molecule has 0 atom stereocenters. The van der Waals surface area contributed by atoms with Crippen LogP contribution in [0.25, 0.3) is 0 Å². The number of allylic oxidation sites excluding steroid dienone is 4. The van der Waals surface area contributed by atoms with Gasteiger partial charge in [-0.25, -0.2) is 9.97 Å². The second kappa shape index (κ2) is 6.96. The van der Waals surface area contributed by atoms with E-state index in [4.69, 9.17) is 0 Å². The van der Waals surface area contributed by atoms with Crippen molar-refractivity contribution < 1.29 is 0 Å². The highest BCUT2D eigenvalue weighted by Crippen LogP contribution is 2.35. The quantitative estimate of drug-likeness (QED) is 0.668. The molecule has 2 nitrogen and oxygen atoms in total. The monoisotopic (exact) mass is 318 g/mol. The highest BCUT2D eigenvalue weighted by atomic mass is 14.9. The lowest BCUT2D eigenvalue weighted by Crippen LogP contribution is -2.25. The van der Waals surface area contributed by atoms with E-state index < -0.39 is 0 Å². The van der Waals surface area contributed by atoms with Crippen molar-refractivity contribution in [3.05, 3.63) is 96.6 Å². The van der Waals surface area contributed by atoms with Crippen LogP contribution in [-0.4, -0.2) is 9.97 Å². The summed E-state index contributed by atoms with van der Waals surface area (Å²) in [5.41, 5.74) is 3.85. The first kappa shape index (κ1) is 17.9. The molecule has 1 heterocycles. The summed E-state index contributed by atoms with van der Waals surface area (Å²) in [6.07, 6.45) is 7.30. The molecule has 2 aromatic rings. The normalized spacial score (nSPS) is 12.8. The van der Waals surface area contributed by atoms with Gasteiger partial charge in [-0.05, 0) is 17.2 Å². The molecule has 0 aliphatic carbocycles. The Bertz CT molecular complexity index is 753. The lowest BCUT2D eigenvalue weighted by atomic mass is 9.77. The van der Waals surface area contributed by atoms with Gasteiger partial charge in [0.1, 0.15) is 6.33 Å². The van der Waals surface area contributed by atoms with Crippen LogP contribution in [0, 0.1) is 0 Å². The Morgan fingerprint density at radius 2 is 1.58 bits per heavy atom. The molecule has 0 bridgehead atoms. The van der Waals surface area contributed by atoms with Crippen LogP contribution in [0.5, 0.6) is 0 Å². The van der Waals surface area contributed by atoms with E-state index in [2.05, 4.69) is 81.2 Å². The summed E-state index contributed by atoms with van der Waals surface area (Å²) in [5, 5.41) is 0. The minimum absolute atomic E-state index is 0.189. The van der Waals surface area contributed by atoms with Gasteiger partial charge in [-0.3, -0.25) is 0 Å². The van der Waals surface area contributed by atoms with E-state index in [1.54, 1.807) is 12.4 Å². The average Bonchev–Trinajstić information content (AvgIpc) is 2.60. The van der Waals surface area contributed by atoms with Crippen molar-refractivity contribution in [2.24, 2.45) is 0 Å². The van der Waals surface area contributed by atoms with Gasteiger partial charge in [0.2, 0.25) is 0 Å². The zero-order valence-corrected chi connectivity index (χ0v) is 15.1. The number of rotatable bonds is 6. The van der Waals surface area contributed by atoms with Gasteiger partial charge in [0.05, 0.1) is 11.4 Å². The molecular formula is C22H26N2. The third-order valence-corrected chi connectivity index (χ3v) is 4.68. The van der Waals surface area contributed by atoms with Gasteiger partial charge in [0.25, 0.3) is 0 Å². The maximum atomic E-state index is 4.56. The topological polar surface area (TPSA) is 25.8 Å². The van der Waals surface area contributed by atoms with E-state index >= 15 is 0 Å². The van der Waals surface area contributed by atoms with Gasteiger partial charge in [-0.1, -0.05) is 89.4 Å². The minimum Gasteiger partial charge on any atom is -0.240 e. The molecule has 0 amide bonds. The minimum atomic E-state index is -0.263. The molecule has 0 radical (unpaired) electrons. The second-order valence-corrected chi connectivity index (χ2v) is 6.97. The van der Waals surface area contributed by atoms with Crippen molar-refractivity contribution in [2.75, 3.05) is 0 Å². The molecule has 0 aliphatic heterocycles. The Hall–Kier alpha value is -2.48. The summed E-state index contributed by atoms with van der Waals surface area (Å²) in [7, 11) is 0. The Labute approximate surface area is 145 Å². The Morgan fingerprint density at radius 3 is 2.17 bits per heavy atom. The Morgan fingerprint density at radius 1 is 0.958 bits per heavy atom. The molecule has 2 heteroatoms. The van der Waals surface area contributed by atoms with E-state index in [1.165, 1.54) is 5.56 Å². The first-order chi connectivity index (χ1) is 11.3. The van der Waals surface area contributed by atoms with Gasteiger partial charge in [-0.2, -0.15) is 0 Å². The summed E-state index contributed by atoms with van der Waals surface area (Å²) >= 11 is 0. The smallest absolute Gasteiger partial charge is 0.116 e. The SMILES string of the molecule is C=C/C=C(\C=C)C(C)(C)c1cc(C(C)(C)c2ccccc2)ncn1. The van der Waals surface area contributed by atoms with Crippen LogP contribution in [0.3, 0.4) is 0 Å². The van der Waals surface area contributed by atoms with E-state index in [-0.39, 0.29) is 10.8 Å². The highest BCUT2D eigenvalue weighted by Gasteiger charge is 2.29. The average molecular weight is 318 g/mol. The van der Waals surface area contributed by atoms with Crippen LogP contribution < -0.4 is 0 Å². The molecule has 2 rings (SSSR count). The van der Waals surface area contributed by atoms with Gasteiger partial charge >= 0.3 is 0 Å². The van der Waals surface area contributed by atoms with E-state index in [0.717, 1.165) is 17.0 Å². The van der Waals surface area contributed by atoms with Crippen molar-refractivity contribution in [1.29, 1.82) is 0 Å². The predicted octanol–water partition coefficient (Wildman–Crippen LogP) is 5.38. The molecule has 24 heavy (non-hydrogen) atoms. The third kappa shape index (κ3) is 3.38. The van der Waals surface area contributed by atoms with E-state index in [9.17, 15) is 0 Å². The molecule has 1 aromatic heterocycles. The summed E-state index contributed by atoms with van der Waals surface area (Å²) in [4.78, 5) is 9.09. The van der Waals surface area contributed by atoms with Gasteiger partial charge < -0.3 is 0 Å². The van der Waals surface area contributed by atoms with Crippen LogP contribution in [0.15, 0.2) is 79.7 Å². The Kier molecular flexibility index (Phi) is 5.18. The standard InChI is InChI=1S/C22H26N2/c1-7-12-17(8-2)21(3,4)19-15-20(24-16-23-19)22(5,6)18-13-10-9-11-14-18/h7-16H,1-2H2,3-6H3/b17-12+.